The normalized spacial score (nSPS) is 11.8. The third-order valence-corrected chi connectivity index (χ3v) is 7.12. The molecule has 0 aliphatic carbocycles. The van der Waals surface area contributed by atoms with Crippen LogP contribution in [0.3, 0.4) is 0 Å². The van der Waals surface area contributed by atoms with E-state index in [1.165, 1.54) is 23.9 Å². The molecule has 8 nitrogen and oxygen atoms in total. The predicted octanol–water partition coefficient (Wildman–Crippen LogP) is 6.18. The maximum absolute atomic E-state index is 13.1. The van der Waals surface area contributed by atoms with Gasteiger partial charge in [0.1, 0.15) is 35.0 Å². The fourth-order valence-electron chi connectivity index (χ4n) is 3.50. The summed E-state index contributed by atoms with van der Waals surface area (Å²) in [7, 11) is 1.60. The van der Waals surface area contributed by atoms with E-state index in [4.69, 9.17) is 9.47 Å². The molecule has 0 N–H and O–H groups in total. The minimum atomic E-state index is -0.525. The summed E-state index contributed by atoms with van der Waals surface area (Å²) in [5.41, 5.74) is 2.38. The summed E-state index contributed by atoms with van der Waals surface area (Å²) in [4.78, 5) is 11.2. The van der Waals surface area contributed by atoms with Crippen LogP contribution in [0.25, 0.3) is 5.69 Å². The fraction of sp³-hybridized carbons (Fsp3) is 0.200. The Morgan fingerprint density at radius 3 is 2.47 bits per heavy atom. The number of halogens is 2. The van der Waals surface area contributed by atoms with Gasteiger partial charge in [-0.2, -0.15) is 0 Å². The summed E-state index contributed by atoms with van der Waals surface area (Å²) >= 11 is 4.78. The van der Waals surface area contributed by atoms with Crippen LogP contribution in [0.4, 0.5) is 4.39 Å². The molecule has 0 fully saturated rings. The molecule has 0 aliphatic heterocycles. The number of nitro groups is 1. The molecule has 186 valence electrons. The summed E-state index contributed by atoms with van der Waals surface area (Å²) in [6.07, 6.45) is 0. The Kier molecular flexibility index (Phi) is 8.21. The average Bonchev–Trinajstić information content (AvgIpc) is 3.23. The van der Waals surface area contributed by atoms with Gasteiger partial charge in [0, 0.05) is 10.6 Å². The number of methoxy groups -OCH3 is 1. The van der Waals surface area contributed by atoms with Crippen LogP contribution in [0.5, 0.6) is 11.5 Å². The highest BCUT2D eigenvalue weighted by atomic mass is 79.9. The number of rotatable bonds is 10. The van der Waals surface area contributed by atoms with E-state index in [2.05, 4.69) is 26.1 Å². The van der Waals surface area contributed by atoms with Crippen molar-refractivity contribution in [3.05, 3.63) is 104 Å². The molecule has 4 rings (SSSR count). The van der Waals surface area contributed by atoms with Crippen molar-refractivity contribution in [2.45, 2.75) is 23.9 Å². The van der Waals surface area contributed by atoms with Crippen LogP contribution in [-0.2, 0) is 6.61 Å². The van der Waals surface area contributed by atoms with Crippen LogP contribution in [-0.4, -0.2) is 33.3 Å². The molecule has 0 radical (unpaired) electrons. The lowest BCUT2D eigenvalue weighted by atomic mass is 10.1. The topological polar surface area (TPSA) is 92.3 Å². The van der Waals surface area contributed by atoms with E-state index in [0.717, 1.165) is 22.6 Å². The van der Waals surface area contributed by atoms with Crippen molar-refractivity contribution in [2.24, 2.45) is 0 Å². The molecular formula is C25H22BrFN4O4S. The van der Waals surface area contributed by atoms with E-state index in [-0.39, 0.29) is 23.9 Å². The van der Waals surface area contributed by atoms with Crippen LogP contribution >= 0.6 is 27.7 Å². The fourth-order valence-corrected chi connectivity index (χ4v) is 5.17. The average molecular weight is 573 g/mol. The van der Waals surface area contributed by atoms with Crippen LogP contribution in [0.15, 0.2) is 76.4 Å². The van der Waals surface area contributed by atoms with Crippen LogP contribution in [0.2, 0.25) is 0 Å². The Morgan fingerprint density at radius 2 is 1.83 bits per heavy atom. The molecule has 1 heterocycles. The number of hydrogen-bond donors (Lipinski definition) is 0. The number of benzene rings is 3. The zero-order valence-corrected chi connectivity index (χ0v) is 21.8. The molecule has 0 amide bonds. The second-order valence-electron chi connectivity index (χ2n) is 7.79. The first kappa shape index (κ1) is 25.6. The molecule has 3 aromatic carbocycles. The van der Waals surface area contributed by atoms with E-state index in [1.54, 1.807) is 31.4 Å². The smallest absolute Gasteiger partial charge is 0.220 e. The molecule has 36 heavy (non-hydrogen) atoms. The molecule has 0 saturated heterocycles. The van der Waals surface area contributed by atoms with Crippen molar-refractivity contribution in [2.75, 3.05) is 13.7 Å². The van der Waals surface area contributed by atoms with Gasteiger partial charge in [-0.05, 0) is 82.5 Å². The molecule has 1 aromatic heterocycles. The monoisotopic (exact) mass is 572 g/mol. The number of aromatic nitrogens is 3. The van der Waals surface area contributed by atoms with Gasteiger partial charge >= 0.3 is 0 Å². The number of hydrogen-bond acceptors (Lipinski definition) is 7. The lowest BCUT2D eigenvalue weighted by molar-refractivity contribution is -0.479. The number of nitrogens with zero attached hydrogens (tertiary/aromatic N) is 4. The third kappa shape index (κ3) is 6.21. The lowest BCUT2D eigenvalue weighted by Crippen LogP contribution is -2.11. The molecule has 0 spiro atoms. The highest BCUT2D eigenvalue weighted by Gasteiger charge is 2.24. The van der Waals surface area contributed by atoms with Crippen molar-refractivity contribution in [1.29, 1.82) is 0 Å². The van der Waals surface area contributed by atoms with Crippen molar-refractivity contribution >= 4 is 27.7 Å². The maximum atomic E-state index is 13.1. The second kappa shape index (κ2) is 11.5. The van der Waals surface area contributed by atoms with E-state index in [9.17, 15) is 14.5 Å². The van der Waals surface area contributed by atoms with E-state index >= 15 is 0 Å². The van der Waals surface area contributed by atoms with Gasteiger partial charge in [-0.25, -0.2) is 4.39 Å². The summed E-state index contributed by atoms with van der Waals surface area (Å²) < 4.78 is 26.7. The largest absolute Gasteiger partial charge is 0.497 e. The van der Waals surface area contributed by atoms with Gasteiger partial charge in [-0.3, -0.25) is 14.7 Å². The molecule has 0 unspecified atom stereocenters. The zero-order valence-electron chi connectivity index (χ0n) is 19.4. The van der Waals surface area contributed by atoms with Gasteiger partial charge in [0.05, 0.1) is 11.6 Å². The standard InChI is InChI=1S/C25H22BrFN4O4S/c1-16-28-29-25(31(16)20-8-10-21(34-2)11-9-20)36-24(14-30(32)33)18-5-12-23(22(26)13-18)35-15-17-3-6-19(27)7-4-17/h3-13,24H,14-15H2,1-2H3/t24-/m1/s1. The van der Waals surface area contributed by atoms with Crippen LogP contribution in [0.1, 0.15) is 22.2 Å². The molecular weight excluding hydrogens is 551 g/mol. The zero-order chi connectivity index (χ0) is 25.7. The second-order valence-corrected chi connectivity index (χ2v) is 9.81. The van der Waals surface area contributed by atoms with E-state index < -0.39 is 5.25 Å². The molecule has 0 bridgehead atoms. The highest BCUT2D eigenvalue weighted by Crippen LogP contribution is 2.39. The first-order valence-electron chi connectivity index (χ1n) is 10.9. The SMILES string of the molecule is COc1ccc(-n2c(C)nnc2S[C@H](C[N+](=O)[O-])c2ccc(OCc3ccc(F)cc3)c(Br)c2)cc1. The predicted molar refractivity (Wildman–Crippen MR) is 138 cm³/mol. The highest BCUT2D eigenvalue weighted by molar-refractivity contribution is 9.10. The minimum Gasteiger partial charge on any atom is -0.497 e. The quantitative estimate of drug-likeness (QED) is 0.127. The minimum absolute atomic E-state index is 0.259. The Hall–Kier alpha value is -3.44. The Bertz CT molecular complexity index is 1350. The van der Waals surface area contributed by atoms with E-state index in [0.29, 0.717) is 21.2 Å². The first-order valence-corrected chi connectivity index (χ1v) is 12.5. The van der Waals surface area contributed by atoms with Gasteiger partial charge in [0.15, 0.2) is 5.16 Å². The summed E-state index contributed by atoms with van der Waals surface area (Å²) in [6.45, 7) is 1.78. The van der Waals surface area contributed by atoms with Crippen molar-refractivity contribution in [1.82, 2.24) is 14.8 Å². The molecule has 4 aromatic rings. The van der Waals surface area contributed by atoms with Gasteiger partial charge in [0.25, 0.3) is 0 Å². The Labute approximate surface area is 219 Å². The van der Waals surface area contributed by atoms with Gasteiger partial charge < -0.3 is 9.47 Å². The maximum Gasteiger partial charge on any atom is 0.220 e. The molecule has 11 heteroatoms. The molecule has 0 saturated carbocycles. The van der Waals surface area contributed by atoms with Crippen molar-refractivity contribution < 1.29 is 18.8 Å². The van der Waals surface area contributed by atoms with Crippen LogP contribution < -0.4 is 9.47 Å². The number of aryl methyl sites for hydroxylation is 1. The summed E-state index contributed by atoms with van der Waals surface area (Å²) in [5.74, 6) is 1.64. The van der Waals surface area contributed by atoms with Gasteiger partial charge in [0.2, 0.25) is 6.54 Å². The van der Waals surface area contributed by atoms with Gasteiger partial charge in [-0.1, -0.05) is 30.0 Å². The van der Waals surface area contributed by atoms with Gasteiger partial charge in [-0.15, -0.1) is 10.2 Å². The van der Waals surface area contributed by atoms with E-state index in [1.807, 2.05) is 41.8 Å². The van der Waals surface area contributed by atoms with Crippen molar-refractivity contribution in [3.8, 4) is 17.2 Å². The third-order valence-electron chi connectivity index (χ3n) is 5.32. The molecule has 0 aliphatic rings. The molecule has 1 atom stereocenters. The summed E-state index contributed by atoms with van der Waals surface area (Å²) in [6, 6.07) is 18.9. The Balaban J connectivity index is 1.56. The number of thioether (sulfide) groups is 1. The summed E-state index contributed by atoms with van der Waals surface area (Å²) in [5, 5.41) is 20.0. The lowest BCUT2D eigenvalue weighted by Gasteiger charge is -2.16. The van der Waals surface area contributed by atoms with Crippen LogP contribution in [0, 0.1) is 22.9 Å². The van der Waals surface area contributed by atoms with Crippen molar-refractivity contribution in [3.63, 3.8) is 0 Å². The number of ether oxygens (including phenoxy) is 2. The first-order chi connectivity index (χ1) is 17.3. The Morgan fingerprint density at radius 1 is 1.11 bits per heavy atom.